The highest BCUT2D eigenvalue weighted by atomic mass is 15.2. The van der Waals surface area contributed by atoms with Crippen molar-refractivity contribution in [2.24, 2.45) is 0 Å². The van der Waals surface area contributed by atoms with Gasteiger partial charge in [0.15, 0.2) is 17.6 Å². The first-order chi connectivity index (χ1) is 4.61. The van der Waals surface area contributed by atoms with E-state index in [0.29, 0.717) is 0 Å². The van der Waals surface area contributed by atoms with Crippen LogP contribution in [0.1, 0.15) is 0 Å². The van der Waals surface area contributed by atoms with Gasteiger partial charge in [-0.25, -0.2) is 0 Å². The van der Waals surface area contributed by atoms with E-state index < -0.39 is 0 Å². The molecule has 0 unspecified atom stereocenters. The lowest BCUT2D eigenvalue weighted by molar-refractivity contribution is 1.12. The van der Waals surface area contributed by atoms with Crippen LogP contribution in [0.5, 0.6) is 0 Å². The van der Waals surface area contributed by atoms with Crippen molar-refractivity contribution in [1.29, 1.82) is 21.6 Å². The maximum Gasteiger partial charge on any atom is 0.199 e. The molecule has 1 aliphatic rings. The third kappa shape index (κ3) is 0.859. The molecule has 1 saturated heterocycles. The molecule has 0 aromatic rings. The van der Waals surface area contributed by atoms with Crippen LogP contribution >= 0.6 is 0 Å². The molecular formula is C4H6N6. The number of guanidine groups is 1. The first-order valence-corrected chi connectivity index (χ1v) is 2.50. The fourth-order valence-corrected chi connectivity index (χ4v) is 0.531. The Hall–Kier alpha value is -1.72. The largest absolute Gasteiger partial charge is 0.309 e. The second kappa shape index (κ2) is 1.90. The summed E-state index contributed by atoms with van der Waals surface area (Å²) >= 11 is 0. The normalized spacial score (nSPS) is 18.4. The molecule has 0 radical (unpaired) electrons. The highest BCUT2D eigenvalue weighted by Gasteiger charge is 2.18. The van der Waals surface area contributed by atoms with Crippen LogP contribution in [0.4, 0.5) is 0 Å². The molecule has 0 spiro atoms. The van der Waals surface area contributed by atoms with Crippen molar-refractivity contribution in [1.82, 2.24) is 10.6 Å². The lowest BCUT2D eigenvalue weighted by atomic mass is 10.3. The summed E-state index contributed by atoms with van der Waals surface area (Å²) in [7, 11) is 0. The molecule has 0 aromatic heterocycles. The van der Waals surface area contributed by atoms with E-state index in [-0.39, 0.29) is 23.3 Å². The van der Waals surface area contributed by atoms with Crippen LogP contribution in [0.25, 0.3) is 0 Å². The van der Waals surface area contributed by atoms with Crippen molar-refractivity contribution in [3.05, 3.63) is 0 Å². The fourth-order valence-electron chi connectivity index (χ4n) is 0.531. The second-order valence-electron chi connectivity index (χ2n) is 1.75. The Morgan fingerprint density at radius 2 is 1.20 bits per heavy atom. The van der Waals surface area contributed by atoms with Gasteiger partial charge in [-0.05, 0) is 0 Å². The zero-order valence-electron chi connectivity index (χ0n) is 5.00. The first-order valence-electron chi connectivity index (χ1n) is 2.50. The van der Waals surface area contributed by atoms with Gasteiger partial charge in [0.05, 0.1) is 0 Å². The molecule has 1 fully saturated rings. The summed E-state index contributed by atoms with van der Waals surface area (Å²) in [6.45, 7) is 0. The van der Waals surface area contributed by atoms with Crippen LogP contribution in [0.2, 0.25) is 0 Å². The van der Waals surface area contributed by atoms with Gasteiger partial charge in [0, 0.05) is 0 Å². The van der Waals surface area contributed by atoms with Crippen LogP contribution < -0.4 is 10.6 Å². The van der Waals surface area contributed by atoms with Gasteiger partial charge in [-0.2, -0.15) is 0 Å². The molecule has 6 heteroatoms. The van der Waals surface area contributed by atoms with E-state index in [0.717, 1.165) is 0 Å². The molecule has 6 N–H and O–H groups in total. The quantitative estimate of drug-likeness (QED) is 0.260. The number of nitrogens with one attached hydrogen (secondary N) is 6. The molecule has 6 nitrogen and oxygen atoms in total. The van der Waals surface area contributed by atoms with Gasteiger partial charge >= 0.3 is 0 Å². The molecule has 0 saturated carbocycles. The maximum atomic E-state index is 7.02. The molecule has 52 valence electrons. The summed E-state index contributed by atoms with van der Waals surface area (Å²) in [6, 6.07) is 0. The second-order valence-corrected chi connectivity index (χ2v) is 1.75. The van der Waals surface area contributed by atoms with E-state index in [1.54, 1.807) is 0 Å². The van der Waals surface area contributed by atoms with Gasteiger partial charge in [0.25, 0.3) is 0 Å². The van der Waals surface area contributed by atoms with Crippen molar-refractivity contribution in [2.45, 2.75) is 0 Å². The van der Waals surface area contributed by atoms with Crippen molar-refractivity contribution in [3.63, 3.8) is 0 Å². The molecule has 0 bridgehead atoms. The average Bonchev–Trinajstić information content (AvgIpc) is 1.82. The summed E-state index contributed by atoms with van der Waals surface area (Å²) < 4.78 is 0. The Bertz CT molecular complexity index is 216. The summed E-state index contributed by atoms with van der Waals surface area (Å²) in [5.74, 6) is -0.562. The average molecular weight is 138 g/mol. The van der Waals surface area contributed by atoms with Crippen LogP contribution in [-0.4, -0.2) is 23.3 Å². The Balaban J connectivity index is 2.86. The molecule has 10 heavy (non-hydrogen) atoms. The molecule has 1 heterocycles. The smallest absolute Gasteiger partial charge is 0.199 e. The van der Waals surface area contributed by atoms with E-state index in [1.165, 1.54) is 0 Å². The summed E-state index contributed by atoms with van der Waals surface area (Å²) in [4.78, 5) is 0. The molecular weight excluding hydrogens is 132 g/mol. The van der Waals surface area contributed by atoms with Crippen molar-refractivity contribution >= 4 is 23.3 Å². The zero-order valence-corrected chi connectivity index (χ0v) is 5.00. The van der Waals surface area contributed by atoms with Gasteiger partial charge in [-0.3, -0.25) is 21.6 Å². The summed E-state index contributed by atoms with van der Waals surface area (Å²) in [6.07, 6.45) is 0. The Labute approximate surface area is 56.7 Å². The highest BCUT2D eigenvalue weighted by Crippen LogP contribution is 1.82. The van der Waals surface area contributed by atoms with E-state index in [1.807, 2.05) is 0 Å². The van der Waals surface area contributed by atoms with Crippen molar-refractivity contribution in [2.75, 3.05) is 0 Å². The molecule has 0 amide bonds. The van der Waals surface area contributed by atoms with E-state index in [2.05, 4.69) is 10.6 Å². The van der Waals surface area contributed by atoms with Crippen LogP contribution in [0.15, 0.2) is 0 Å². The highest BCUT2D eigenvalue weighted by molar-refractivity contribution is 6.69. The molecule has 1 aliphatic heterocycles. The lowest BCUT2D eigenvalue weighted by Crippen LogP contribution is -2.55. The minimum absolute atomic E-state index is 0.133. The predicted octanol–water partition coefficient (Wildman–Crippen LogP) is -0.912. The third-order valence-electron chi connectivity index (χ3n) is 1.00. The summed E-state index contributed by atoms with van der Waals surface area (Å²) in [5, 5.41) is 32.5. The van der Waals surface area contributed by atoms with Crippen LogP contribution in [0.3, 0.4) is 0 Å². The van der Waals surface area contributed by atoms with Crippen molar-refractivity contribution in [3.8, 4) is 0 Å². The SMILES string of the molecule is N=C1NC(=N)C(=N)C(=N)N1. The fraction of sp³-hybridized carbons (Fsp3) is 0. The Morgan fingerprint density at radius 3 is 1.60 bits per heavy atom. The van der Waals surface area contributed by atoms with Gasteiger partial charge < -0.3 is 10.6 Å². The first kappa shape index (κ1) is 6.40. The molecule has 0 aliphatic carbocycles. The van der Waals surface area contributed by atoms with E-state index in [9.17, 15) is 0 Å². The monoisotopic (exact) mass is 138 g/mol. The predicted molar refractivity (Wildman–Crippen MR) is 37.2 cm³/mol. The van der Waals surface area contributed by atoms with Gasteiger partial charge in [0.1, 0.15) is 5.71 Å². The van der Waals surface area contributed by atoms with Gasteiger partial charge in [0.2, 0.25) is 0 Å². The molecule has 0 aromatic carbocycles. The third-order valence-corrected chi connectivity index (χ3v) is 1.00. The summed E-state index contributed by atoms with van der Waals surface area (Å²) in [5.41, 5.74) is -0.226. The number of hydrogen-bond acceptors (Lipinski definition) is 4. The standard InChI is InChI=1S/C4H6N6/c5-1-2(6)9-4(8)10-3(1)7/h5H,(H5,6,7,8,9,10). The molecule has 0 atom stereocenters. The van der Waals surface area contributed by atoms with Gasteiger partial charge in [-0.1, -0.05) is 0 Å². The number of hydrogen-bond donors (Lipinski definition) is 6. The minimum atomic E-state index is -0.226. The Morgan fingerprint density at radius 1 is 0.800 bits per heavy atom. The van der Waals surface area contributed by atoms with Gasteiger partial charge in [-0.15, -0.1) is 0 Å². The van der Waals surface area contributed by atoms with Crippen LogP contribution in [0, 0.1) is 21.6 Å². The molecule has 1 rings (SSSR count). The minimum Gasteiger partial charge on any atom is -0.309 e. The van der Waals surface area contributed by atoms with Crippen LogP contribution in [-0.2, 0) is 0 Å². The Kier molecular flexibility index (Phi) is 1.22. The lowest BCUT2D eigenvalue weighted by Gasteiger charge is -2.17. The number of rotatable bonds is 0. The van der Waals surface area contributed by atoms with E-state index in [4.69, 9.17) is 21.6 Å². The number of amidine groups is 2. The zero-order chi connectivity index (χ0) is 7.72. The topological polar surface area (TPSA) is 119 Å². The van der Waals surface area contributed by atoms with E-state index >= 15 is 0 Å². The van der Waals surface area contributed by atoms with Crippen molar-refractivity contribution < 1.29 is 0 Å². The maximum absolute atomic E-state index is 7.02.